The van der Waals surface area contributed by atoms with Gasteiger partial charge in [0, 0.05) is 35.3 Å². The summed E-state index contributed by atoms with van der Waals surface area (Å²) in [4.78, 5) is 12.1. The van der Waals surface area contributed by atoms with Gasteiger partial charge in [-0.2, -0.15) is 0 Å². The summed E-state index contributed by atoms with van der Waals surface area (Å²) in [5, 5.41) is 0. The van der Waals surface area contributed by atoms with E-state index in [2.05, 4.69) is 30.9 Å². The molecule has 0 fully saturated rings. The quantitative estimate of drug-likeness (QED) is 0.769. The number of aromatic nitrogens is 3. The fourth-order valence-electron chi connectivity index (χ4n) is 2.03. The van der Waals surface area contributed by atoms with Crippen LogP contribution < -0.4 is 5.73 Å². The number of nitrogens with two attached hydrogens (primary N) is 1. The van der Waals surface area contributed by atoms with Crippen molar-refractivity contribution >= 4 is 21.7 Å². The van der Waals surface area contributed by atoms with Gasteiger partial charge in [0.1, 0.15) is 11.6 Å². The van der Waals surface area contributed by atoms with Crippen LogP contribution in [0.25, 0.3) is 22.4 Å². The molecule has 3 heterocycles. The standard InChI is InChI=1S/C15H10BrFN4/c16-12-7-11(10-3-6-20-8-13(10)17)14(21-15(12)18)9-1-4-19-5-2-9/h1-8H,(H2,18,21). The van der Waals surface area contributed by atoms with Gasteiger partial charge in [-0.1, -0.05) is 0 Å². The maximum atomic E-state index is 14.1. The molecule has 21 heavy (non-hydrogen) atoms. The lowest BCUT2D eigenvalue weighted by Gasteiger charge is -2.12. The van der Waals surface area contributed by atoms with Crippen LogP contribution in [0.4, 0.5) is 10.2 Å². The van der Waals surface area contributed by atoms with Crippen LogP contribution in [0.1, 0.15) is 0 Å². The molecule has 0 amide bonds. The van der Waals surface area contributed by atoms with Gasteiger partial charge in [-0.15, -0.1) is 0 Å². The molecule has 0 unspecified atom stereocenters. The Labute approximate surface area is 129 Å². The van der Waals surface area contributed by atoms with Gasteiger partial charge in [-0.3, -0.25) is 9.97 Å². The second-order valence-corrected chi connectivity index (χ2v) is 5.20. The van der Waals surface area contributed by atoms with Crippen molar-refractivity contribution in [1.82, 2.24) is 15.0 Å². The third-order valence-electron chi connectivity index (χ3n) is 3.02. The first-order valence-corrected chi connectivity index (χ1v) is 6.92. The highest BCUT2D eigenvalue weighted by atomic mass is 79.9. The minimum atomic E-state index is -0.411. The molecule has 0 aromatic carbocycles. The summed E-state index contributed by atoms with van der Waals surface area (Å²) in [5.41, 5.74) is 8.34. The molecule has 0 saturated heterocycles. The summed E-state index contributed by atoms with van der Waals surface area (Å²) in [5.74, 6) is -0.0636. The number of halogens is 2. The van der Waals surface area contributed by atoms with Crippen LogP contribution in [0, 0.1) is 5.82 Å². The van der Waals surface area contributed by atoms with E-state index in [1.165, 1.54) is 6.20 Å². The monoisotopic (exact) mass is 344 g/mol. The van der Waals surface area contributed by atoms with Crippen molar-refractivity contribution in [3.63, 3.8) is 0 Å². The van der Waals surface area contributed by atoms with Crippen LogP contribution in [0.3, 0.4) is 0 Å². The predicted molar refractivity (Wildman–Crippen MR) is 82.8 cm³/mol. The van der Waals surface area contributed by atoms with Crippen molar-refractivity contribution in [2.24, 2.45) is 0 Å². The molecule has 0 saturated carbocycles. The lowest BCUT2D eigenvalue weighted by atomic mass is 10.0. The van der Waals surface area contributed by atoms with Gasteiger partial charge in [-0.05, 0) is 40.2 Å². The van der Waals surface area contributed by atoms with Gasteiger partial charge >= 0.3 is 0 Å². The van der Waals surface area contributed by atoms with Gasteiger partial charge in [0.15, 0.2) is 0 Å². The highest BCUT2D eigenvalue weighted by Crippen LogP contribution is 2.35. The molecular formula is C15H10BrFN4. The minimum Gasteiger partial charge on any atom is -0.383 e. The largest absolute Gasteiger partial charge is 0.383 e. The van der Waals surface area contributed by atoms with E-state index in [1.54, 1.807) is 42.9 Å². The third kappa shape index (κ3) is 2.62. The number of pyridine rings is 3. The fourth-order valence-corrected chi connectivity index (χ4v) is 2.35. The zero-order chi connectivity index (χ0) is 14.8. The average Bonchev–Trinajstić information content (AvgIpc) is 2.51. The molecule has 0 radical (unpaired) electrons. The summed E-state index contributed by atoms with van der Waals surface area (Å²) < 4.78 is 14.7. The van der Waals surface area contributed by atoms with E-state index in [9.17, 15) is 4.39 Å². The normalized spacial score (nSPS) is 10.6. The van der Waals surface area contributed by atoms with E-state index < -0.39 is 5.82 Å². The summed E-state index contributed by atoms with van der Waals surface area (Å²) in [6, 6.07) is 6.98. The van der Waals surface area contributed by atoms with Crippen LogP contribution in [-0.4, -0.2) is 15.0 Å². The Morgan fingerprint density at radius 2 is 1.71 bits per heavy atom. The molecule has 6 heteroatoms. The first kappa shape index (κ1) is 13.6. The summed E-state index contributed by atoms with van der Waals surface area (Å²) in [6.45, 7) is 0. The maximum absolute atomic E-state index is 14.1. The maximum Gasteiger partial charge on any atom is 0.149 e. The second-order valence-electron chi connectivity index (χ2n) is 4.34. The molecule has 3 aromatic rings. The number of nitrogen functional groups attached to an aromatic ring is 1. The molecule has 104 valence electrons. The van der Waals surface area contributed by atoms with E-state index in [4.69, 9.17) is 5.73 Å². The lowest BCUT2D eigenvalue weighted by Crippen LogP contribution is -1.98. The molecule has 0 spiro atoms. The van der Waals surface area contributed by atoms with E-state index in [0.29, 0.717) is 27.1 Å². The SMILES string of the molecule is Nc1nc(-c2ccncc2)c(-c2ccncc2F)cc1Br. The van der Waals surface area contributed by atoms with Gasteiger partial charge in [0.05, 0.1) is 16.4 Å². The van der Waals surface area contributed by atoms with Gasteiger partial charge in [0.25, 0.3) is 0 Å². The number of hydrogen-bond donors (Lipinski definition) is 1. The molecule has 0 atom stereocenters. The molecular weight excluding hydrogens is 335 g/mol. The third-order valence-corrected chi connectivity index (χ3v) is 3.65. The molecule has 4 nitrogen and oxygen atoms in total. The summed E-state index contributed by atoms with van der Waals surface area (Å²) in [7, 11) is 0. The van der Waals surface area contributed by atoms with Gasteiger partial charge < -0.3 is 5.73 Å². The minimum absolute atomic E-state index is 0.347. The average molecular weight is 345 g/mol. The Bertz CT molecular complexity index is 793. The smallest absolute Gasteiger partial charge is 0.149 e. The van der Waals surface area contributed by atoms with E-state index >= 15 is 0 Å². The zero-order valence-electron chi connectivity index (χ0n) is 10.8. The van der Waals surface area contributed by atoms with Crippen LogP contribution >= 0.6 is 15.9 Å². The molecule has 3 rings (SSSR count). The number of hydrogen-bond acceptors (Lipinski definition) is 4. The van der Waals surface area contributed by atoms with Crippen LogP contribution in [0.5, 0.6) is 0 Å². The Hall–Kier alpha value is -2.34. The molecule has 3 aromatic heterocycles. The van der Waals surface area contributed by atoms with Crippen molar-refractivity contribution in [1.29, 1.82) is 0 Å². The highest BCUT2D eigenvalue weighted by Gasteiger charge is 2.15. The first-order chi connectivity index (χ1) is 10.2. The lowest BCUT2D eigenvalue weighted by molar-refractivity contribution is 0.625. The number of rotatable bonds is 2. The molecule has 0 aliphatic heterocycles. The molecule has 0 aliphatic rings. The Balaban J connectivity index is 2.30. The number of anilines is 1. The van der Waals surface area contributed by atoms with Crippen molar-refractivity contribution in [2.75, 3.05) is 5.73 Å². The van der Waals surface area contributed by atoms with Gasteiger partial charge in [-0.25, -0.2) is 9.37 Å². The predicted octanol–water partition coefficient (Wildman–Crippen LogP) is 3.69. The van der Waals surface area contributed by atoms with E-state index in [0.717, 1.165) is 5.56 Å². The first-order valence-electron chi connectivity index (χ1n) is 6.13. The van der Waals surface area contributed by atoms with Crippen LogP contribution in [0.15, 0.2) is 53.5 Å². The molecule has 0 aliphatic carbocycles. The summed E-state index contributed by atoms with van der Waals surface area (Å²) >= 11 is 3.34. The van der Waals surface area contributed by atoms with Crippen molar-refractivity contribution in [3.8, 4) is 22.4 Å². The van der Waals surface area contributed by atoms with Crippen LogP contribution in [-0.2, 0) is 0 Å². The Morgan fingerprint density at radius 1 is 1.00 bits per heavy atom. The Kier molecular flexibility index (Phi) is 3.62. The number of nitrogens with zero attached hydrogens (tertiary/aromatic N) is 3. The van der Waals surface area contributed by atoms with E-state index in [1.807, 2.05) is 0 Å². The van der Waals surface area contributed by atoms with Crippen LogP contribution in [0.2, 0.25) is 0 Å². The fraction of sp³-hybridized carbons (Fsp3) is 0. The van der Waals surface area contributed by atoms with Crippen molar-refractivity contribution in [3.05, 3.63) is 59.3 Å². The zero-order valence-corrected chi connectivity index (χ0v) is 12.4. The summed E-state index contributed by atoms with van der Waals surface area (Å²) in [6.07, 6.45) is 6.03. The van der Waals surface area contributed by atoms with E-state index in [-0.39, 0.29) is 0 Å². The topological polar surface area (TPSA) is 64.7 Å². The van der Waals surface area contributed by atoms with Gasteiger partial charge in [0.2, 0.25) is 0 Å². The second kappa shape index (κ2) is 5.57. The van der Waals surface area contributed by atoms with Crippen molar-refractivity contribution in [2.45, 2.75) is 0 Å². The molecule has 0 bridgehead atoms. The molecule has 2 N–H and O–H groups in total. The Morgan fingerprint density at radius 3 is 2.43 bits per heavy atom. The van der Waals surface area contributed by atoms with Crippen molar-refractivity contribution < 1.29 is 4.39 Å². The highest BCUT2D eigenvalue weighted by molar-refractivity contribution is 9.10.